The molecule has 0 aromatic heterocycles. The summed E-state index contributed by atoms with van der Waals surface area (Å²) in [6.07, 6.45) is 6.78. The molecule has 1 saturated carbocycles. The monoisotopic (exact) mass is 288 g/mol. The molecule has 0 heterocycles. The van der Waals surface area contributed by atoms with Gasteiger partial charge in [-0.1, -0.05) is 11.6 Å². The molecule has 1 aromatic carbocycles. The molecular formula is C13H18ClFN2S. The minimum Gasteiger partial charge on any atom is -0.397 e. The largest absolute Gasteiger partial charge is 0.397 e. The van der Waals surface area contributed by atoms with Gasteiger partial charge in [-0.2, -0.15) is 11.8 Å². The number of thioether (sulfide) groups is 1. The van der Waals surface area contributed by atoms with E-state index in [-0.39, 0.29) is 5.02 Å². The van der Waals surface area contributed by atoms with Crippen LogP contribution in [0.5, 0.6) is 0 Å². The van der Waals surface area contributed by atoms with Crippen LogP contribution in [0.4, 0.5) is 15.8 Å². The van der Waals surface area contributed by atoms with Crippen LogP contribution >= 0.6 is 23.4 Å². The van der Waals surface area contributed by atoms with Gasteiger partial charge in [0.2, 0.25) is 0 Å². The van der Waals surface area contributed by atoms with Crippen LogP contribution in [0.1, 0.15) is 25.7 Å². The van der Waals surface area contributed by atoms with Crippen molar-refractivity contribution in [3.63, 3.8) is 0 Å². The molecule has 0 saturated heterocycles. The van der Waals surface area contributed by atoms with E-state index < -0.39 is 5.82 Å². The van der Waals surface area contributed by atoms with Gasteiger partial charge in [0, 0.05) is 17.4 Å². The SMILES string of the molecule is CSC1CCC(Nc2cc(F)c(Cl)cc2N)CC1. The van der Waals surface area contributed by atoms with Crippen molar-refractivity contribution in [2.45, 2.75) is 37.0 Å². The summed E-state index contributed by atoms with van der Waals surface area (Å²) in [6.45, 7) is 0. The quantitative estimate of drug-likeness (QED) is 0.821. The average Bonchev–Trinajstić information content (AvgIpc) is 2.37. The van der Waals surface area contributed by atoms with E-state index in [1.54, 1.807) is 0 Å². The minimum absolute atomic E-state index is 0.0733. The first kappa shape index (κ1) is 13.8. The van der Waals surface area contributed by atoms with Crippen LogP contribution in [-0.2, 0) is 0 Å². The van der Waals surface area contributed by atoms with Crippen LogP contribution in [0.3, 0.4) is 0 Å². The molecule has 0 spiro atoms. The van der Waals surface area contributed by atoms with Gasteiger partial charge < -0.3 is 11.1 Å². The normalized spacial score (nSPS) is 23.9. The number of benzene rings is 1. The molecule has 0 unspecified atom stereocenters. The van der Waals surface area contributed by atoms with Crippen molar-refractivity contribution in [1.29, 1.82) is 0 Å². The maximum atomic E-state index is 13.4. The van der Waals surface area contributed by atoms with Gasteiger partial charge in [-0.05, 0) is 38.0 Å². The maximum Gasteiger partial charge on any atom is 0.143 e. The van der Waals surface area contributed by atoms with Crippen molar-refractivity contribution in [3.8, 4) is 0 Å². The number of halogens is 2. The lowest BCUT2D eigenvalue weighted by atomic mass is 9.94. The predicted octanol–water partition coefficient (Wildman–Crippen LogP) is 4.15. The van der Waals surface area contributed by atoms with Crippen LogP contribution in [0.2, 0.25) is 5.02 Å². The Hall–Kier alpha value is -0.610. The van der Waals surface area contributed by atoms with Crippen LogP contribution in [0, 0.1) is 5.82 Å². The second-order valence-electron chi connectivity index (χ2n) is 4.71. The van der Waals surface area contributed by atoms with Crippen molar-refractivity contribution >= 4 is 34.7 Å². The zero-order valence-electron chi connectivity index (χ0n) is 10.4. The summed E-state index contributed by atoms with van der Waals surface area (Å²) >= 11 is 7.61. The third kappa shape index (κ3) is 3.23. The van der Waals surface area contributed by atoms with E-state index in [1.165, 1.54) is 25.0 Å². The molecule has 0 amide bonds. The smallest absolute Gasteiger partial charge is 0.143 e. The Kier molecular flexibility index (Phi) is 4.62. The number of hydrogen-bond acceptors (Lipinski definition) is 3. The second-order valence-corrected chi connectivity index (χ2v) is 6.25. The Balaban J connectivity index is 2.00. The Morgan fingerprint density at radius 1 is 1.33 bits per heavy atom. The lowest BCUT2D eigenvalue weighted by Crippen LogP contribution is -2.27. The Bertz CT molecular complexity index is 420. The van der Waals surface area contributed by atoms with E-state index in [4.69, 9.17) is 17.3 Å². The van der Waals surface area contributed by atoms with Gasteiger partial charge >= 0.3 is 0 Å². The molecule has 0 radical (unpaired) electrons. The molecule has 18 heavy (non-hydrogen) atoms. The second kappa shape index (κ2) is 6.02. The Morgan fingerprint density at radius 2 is 2.00 bits per heavy atom. The highest BCUT2D eigenvalue weighted by Gasteiger charge is 2.21. The standard InChI is InChI=1S/C13H18ClFN2S/c1-18-9-4-2-8(3-5-9)17-13-7-11(15)10(14)6-12(13)16/h6-9,17H,2-5,16H2,1H3. The molecule has 100 valence electrons. The third-order valence-electron chi connectivity index (χ3n) is 3.46. The first-order valence-electron chi connectivity index (χ1n) is 6.14. The Labute approximate surface area is 116 Å². The highest BCUT2D eigenvalue weighted by Crippen LogP contribution is 2.31. The zero-order chi connectivity index (χ0) is 13.1. The first-order valence-corrected chi connectivity index (χ1v) is 7.80. The minimum atomic E-state index is -0.425. The predicted molar refractivity (Wildman–Crippen MR) is 79.0 cm³/mol. The fraction of sp³-hybridized carbons (Fsp3) is 0.538. The van der Waals surface area contributed by atoms with Gasteiger partial charge in [0.1, 0.15) is 5.82 Å². The number of nitrogen functional groups attached to an aromatic ring is 1. The maximum absolute atomic E-state index is 13.4. The molecular weight excluding hydrogens is 271 g/mol. The summed E-state index contributed by atoms with van der Waals surface area (Å²) in [7, 11) is 0. The molecule has 1 aromatic rings. The molecule has 1 aliphatic rings. The van der Waals surface area contributed by atoms with Crippen LogP contribution in [0.25, 0.3) is 0 Å². The molecule has 0 aliphatic heterocycles. The molecule has 3 N–H and O–H groups in total. The molecule has 1 aliphatic carbocycles. The summed E-state index contributed by atoms with van der Waals surface area (Å²) in [6, 6.07) is 3.24. The van der Waals surface area contributed by atoms with E-state index in [9.17, 15) is 4.39 Å². The van der Waals surface area contributed by atoms with Crippen LogP contribution in [-0.4, -0.2) is 17.5 Å². The highest BCUT2D eigenvalue weighted by molar-refractivity contribution is 7.99. The van der Waals surface area contributed by atoms with Crippen LogP contribution in [0.15, 0.2) is 12.1 Å². The number of hydrogen-bond donors (Lipinski definition) is 2. The third-order valence-corrected chi connectivity index (χ3v) is 4.89. The first-order chi connectivity index (χ1) is 8.60. The molecule has 2 rings (SSSR count). The van der Waals surface area contributed by atoms with E-state index in [0.29, 0.717) is 17.4 Å². The summed E-state index contributed by atoms with van der Waals surface area (Å²) < 4.78 is 13.4. The summed E-state index contributed by atoms with van der Waals surface area (Å²) in [5, 5.41) is 4.17. The van der Waals surface area contributed by atoms with Gasteiger partial charge in [0.05, 0.1) is 16.4 Å². The van der Waals surface area contributed by atoms with Crippen molar-refractivity contribution in [2.24, 2.45) is 0 Å². The fourth-order valence-electron chi connectivity index (χ4n) is 2.35. The lowest BCUT2D eigenvalue weighted by molar-refractivity contribution is 0.473. The Morgan fingerprint density at radius 3 is 2.61 bits per heavy atom. The van der Waals surface area contributed by atoms with Gasteiger partial charge in [-0.15, -0.1) is 0 Å². The highest BCUT2D eigenvalue weighted by atomic mass is 35.5. The van der Waals surface area contributed by atoms with E-state index >= 15 is 0 Å². The van der Waals surface area contributed by atoms with Gasteiger partial charge in [-0.25, -0.2) is 4.39 Å². The average molecular weight is 289 g/mol. The molecule has 1 fully saturated rings. The lowest BCUT2D eigenvalue weighted by Gasteiger charge is -2.29. The van der Waals surface area contributed by atoms with Crippen LogP contribution < -0.4 is 11.1 Å². The molecule has 2 nitrogen and oxygen atoms in total. The van der Waals surface area contributed by atoms with E-state index in [1.807, 2.05) is 11.8 Å². The van der Waals surface area contributed by atoms with Gasteiger partial charge in [0.25, 0.3) is 0 Å². The fourth-order valence-corrected chi connectivity index (χ4v) is 3.27. The molecule has 0 atom stereocenters. The zero-order valence-corrected chi connectivity index (χ0v) is 12.0. The topological polar surface area (TPSA) is 38.0 Å². The van der Waals surface area contributed by atoms with Crippen molar-refractivity contribution in [1.82, 2.24) is 0 Å². The summed E-state index contributed by atoms with van der Waals surface area (Å²) in [5.74, 6) is -0.425. The number of nitrogens with two attached hydrogens (primary N) is 1. The number of nitrogens with one attached hydrogen (secondary N) is 1. The van der Waals surface area contributed by atoms with E-state index in [0.717, 1.165) is 18.1 Å². The van der Waals surface area contributed by atoms with Crippen molar-refractivity contribution < 1.29 is 4.39 Å². The van der Waals surface area contributed by atoms with Gasteiger partial charge in [-0.3, -0.25) is 0 Å². The molecule has 5 heteroatoms. The number of rotatable bonds is 3. The number of anilines is 2. The van der Waals surface area contributed by atoms with Crippen molar-refractivity contribution in [2.75, 3.05) is 17.3 Å². The summed E-state index contributed by atoms with van der Waals surface area (Å²) in [5.41, 5.74) is 7.01. The molecule has 0 bridgehead atoms. The van der Waals surface area contributed by atoms with Crippen molar-refractivity contribution in [3.05, 3.63) is 23.0 Å². The van der Waals surface area contributed by atoms with E-state index in [2.05, 4.69) is 11.6 Å². The van der Waals surface area contributed by atoms with Gasteiger partial charge in [0.15, 0.2) is 0 Å². The summed E-state index contributed by atoms with van der Waals surface area (Å²) in [4.78, 5) is 0.